The summed E-state index contributed by atoms with van der Waals surface area (Å²) in [6.07, 6.45) is -4.51. The van der Waals surface area contributed by atoms with E-state index in [9.17, 15) is 13.2 Å². The Morgan fingerprint density at radius 3 is 2.39 bits per heavy atom. The van der Waals surface area contributed by atoms with Gasteiger partial charge in [0.1, 0.15) is 5.69 Å². The summed E-state index contributed by atoms with van der Waals surface area (Å²) in [6, 6.07) is 3.46. The summed E-state index contributed by atoms with van der Waals surface area (Å²) in [5, 5.41) is 0.604. The van der Waals surface area contributed by atoms with Crippen molar-refractivity contribution >= 4 is 38.4 Å². The second kappa shape index (κ2) is 4.38. The van der Waals surface area contributed by atoms with Gasteiger partial charge in [-0.05, 0) is 40.9 Å². The van der Waals surface area contributed by atoms with Crippen molar-refractivity contribution in [3.63, 3.8) is 0 Å². The number of pyridine rings is 1. The van der Waals surface area contributed by atoms with Crippen molar-refractivity contribution in [3.8, 4) is 0 Å². The second-order valence-electron chi connectivity index (χ2n) is 3.99. The van der Waals surface area contributed by atoms with Gasteiger partial charge in [-0.15, -0.1) is 0 Å². The molecule has 0 aliphatic carbocycles. The van der Waals surface area contributed by atoms with Gasteiger partial charge in [-0.2, -0.15) is 13.2 Å². The van der Waals surface area contributed by atoms with Gasteiger partial charge in [-0.3, -0.25) is 0 Å². The number of hydrogen-bond acceptors (Lipinski definition) is 1. The van der Waals surface area contributed by atoms with E-state index in [-0.39, 0.29) is 16.1 Å². The lowest BCUT2D eigenvalue weighted by atomic mass is 10.1. The van der Waals surface area contributed by atoms with Crippen molar-refractivity contribution in [2.24, 2.45) is 0 Å². The molecule has 0 bridgehead atoms. The Morgan fingerprint density at radius 1 is 1.22 bits per heavy atom. The molecule has 2 rings (SSSR count). The van der Waals surface area contributed by atoms with Crippen LogP contribution in [0.1, 0.15) is 16.8 Å². The topological polar surface area (TPSA) is 12.9 Å². The fourth-order valence-corrected chi connectivity index (χ4v) is 2.41. The first kappa shape index (κ1) is 13.6. The number of alkyl halides is 3. The van der Waals surface area contributed by atoms with Gasteiger partial charge in [0, 0.05) is 9.86 Å². The van der Waals surface area contributed by atoms with E-state index in [0.717, 1.165) is 5.56 Å². The van der Waals surface area contributed by atoms with E-state index in [1.54, 1.807) is 19.1 Å². The van der Waals surface area contributed by atoms with E-state index < -0.39 is 11.9 Å². The number of aryl methyl sites for hydroxylation is 1. The van der Waals surface area contributed by atoms with Crippen LogP contribution in [-0.2, 0) is 6.18 Å². The normalized spacial score (nSPS) is 12.2. The Hall–Kier alpha value is -0.810. The number of rotatable bonds is 0. The van der Waals surface area contributed by atoms with Crippen LogP contribution in [0.15, 0.2) is 16.6 Å². The highest BCUT2D eigenvalue weighted by molar-refractivity contribution is 9.10. The third-order valence-corrected chi connectivity index (χ3v) is 4.21. The predicted molar refractivity (Wildman–Crippen MR) is 68.9 cm³/mol. The Balaban J connectivity index is 2.94. The van der Waals surface area contributed by atoms with Crippen molar-refractivity contribution < 1.29 is 13.2 Å². The van der Waals surface area contributed by atoms with Crippen LogP contribution >= 0.6 is 27.5 Å². The molecule has 0 aliphatic rings. The van der Waals surface area contributed by atoms with Crippen molar-refractivity contribution in [2.45, 2.75) is 20.0 Å². The molecule has 0 radical (unpaired) electrons. The van der Waals surface area contributed by atoms with Gasteiger partial charge < -0.3 is 0 Å². The summed E-state index contributed by atoms with van der Waals surface area (Å²) in [6.45, 7) is 3.11. The van der Waals surface area contributed by atoms with Gasteiger partial charge in [0.2, 0.25) is 0 Å². The molecule has 96 valence electrons. The number of benzene rings is 1. The summed E-state index contributed by atoms with van der Waals surface area (Å²) in [5.41, 5.74) is 0.0553. The van der Waals surface area contributed by atoms with Crippen molar-refractivity contribution in [2.75, 3.05) is 0 Å². The third kappa shape index (κ3) is 2.10. The SMILES string of the molecule is Cc1ccc2c(Cl)c(C)c(C(F)(F)F)nc2c1Br. The minimum Gasteiger partial charge on any atom is -0.242 e. The van der Waals surface area contributed by atoms with Gasteiger partial charge in [0.25, 0.3) is 0 Å². The summed E-state index contributed by atoms with van der Waals surface area (Å²) in [7, 11) is 0. The highest BCUT2D eigenvalue weighted by atomic mass is 79.9. The van der Waals surface area contributed by atoms with Gasteiger partial charge in [0.15, 0.2) is 0 Å². The van der Waals surface area contributed by atoms with Crippen LogP contribution in [-0.4, -0.2) is 4.98 Å². The zero-order valence-electron chi connectivity index (χ0n) is 9.49. The monoisotopic (exact) mass is 337 g/mol. The quantitative estimate of drug-likeness (QED) is 0.636. The molecule has 0 atom stereocenters. The van der Waals surface area contributed by atoms with Gasteiger partial charge in [0.05, 0.1) is 10.5 Å². The zero-order valence-corrected chi connectivity index (χ0v) is 11.8. The molecule has 0 amide bonds. The lowest BCUT2D eigenvalue weighted by molar-refractivity contribution is -0.141. The molecular formula is C12H8BrClF3N. The maximum Gasteiger partial charge on any atom is 0.433 e. The van der Waals surface area contributed by atoms with Crippen LogP contribution in [0.5, 0.6) is 0 Å². The van der Waals surface area contributed by atoms with E-state index in [1.165, 1.54) is 6.92 Å². The van der Waals surface area contributed by atoms with E-state index in [4.69, 9.17) is 11.6 Å². The van der Waals surface area contributed by atoms with E-state index in [1.807, 2.05) is 0 Å². The summed E-state index contributed by atoms with van der Waals surface area (Å²) in [4.78, 5) is 3.71. The fourth-order valence-electron chi connectivity index (χ4n) is 1.73. The molecule has 0 N–H and O–H groups in total. The molecular weight excluding hydrogens is 330 g/mol. The number of hydrogen-bond donors (Lipinski definition) is 0. The first-order valence-corrected chi connectivity index (χ1v) is 6.22. The number of halogens is 5. The molecule has 0 fully saturated rings. The molecule has 18 heavy (non-hydrogen) atoms. The maximum absolute atomic E-state index is 12.9. The third-order valence-electron chi connectivity index (χ3n) is 2.72. The van der Waals surface area contributed by atoms with Crippen molar-refractivity contribution in [1.82, 2.24) is 4.98 Å². The minimum atomic E-state index is -4.51. The molecule has 0 saturated heterocycles. The molecule has 0 spiro atoms. The van der Waals surface area contributed by atoms with Crippen LogP contribution in [0.3, 0.4) is 0 Å². The second-order valence-corrected chi connectivity index (χ2v) is 5.16. The van der Waals surface area contributed by atoms with Crippen molar-refractivity contribution in [3.05, 3.63) is 38.4 Å². The molecule has 0 unspecified atom stereocenters. The van der Waals surface area contributed by atoms with Crippen LogP contribution in [0.25, 0.3) is 10.9 Å². The zero-order chi connectivity index (χ0) is 13.7. The lowest BCUT2D eigenvalue weighted by Gasteiger charge is -2.14. The largest absolute Gasteiger partial charge is 0.433 e. The Labute approximate surface area is 115 Å². The molecule has 1 heterocycles. The standard InChI is InChI=1S/C12H8BrClF3N/c1-5-3-4-7-9(14)6(2)11(12(15,16)17)18-10(7)8(5)13/h3-4H,1-2H3. The van der Waals surface area contributed by atoms with Crippen LogP contribution in [0, 0.1) is 13.8 Å². The first-order chi connectivity index (χ1) is 8.23. The highest BCUT2D eigenvalue weighted by Gasteiger charge is 2.36. The molecule has 1 nitrogen and oxygen atoms in total. The van der Waals surface area contributed by atoms with Gasteiger partial charge in [-0.1, -0.05) is 23.7 Å². The molecule has 1 aromatic heterocycles. The maximum atomic E-state index is 12.9. The van der Waals surface area contributed by atoms with Crippen LogP contribution in [0.4, 0.5) is 13.2 Å². The average molecular weight is 339 g/mol. The summed E-state index contributed by atoms with van der Waals surface area (Å²) in [5.74, 6) is 0. The summed E-state index contributed by atoms with van der Waals surface area (Å²) >= 11 is 9.25. The van der Waals surface area contributed by atoms with Crippen LogP contribution < -0.4 is 0 Å². The molecule has 0 saturated carbocycles. The van der Waals surface area contributed by atoms with E-state index in [2.05, 4.69) is 20.9 Å². The summed E-state index contributed by atoms with van der Waals surface area (Å²) < 4.78 is 39.1. The molecule has 0 aliphatic heterocycles. The van der Waals surface area contributed by atoms with E-state index in [0.29, 0.717) is 9.86 Å². The molecule has 2 aromatic rings. The Morgan fingerprint density at radius 2 is 1.83 bits per heavy atom. The van der Waals surface area contributed by atoms with Crippen molar-refractivity contribution in [1.29, 1.82) is 0 Å². The lowest BCUT2D eigenvalue weighted by Crippen LogP contribution is -2.11. The Bertz CT molecular complexity index is 637. The highest BCUT2D eigenvalue weighted by Crippen LogP contribution is 2.39. The Kier molecular flexibility index (Phi) is 3.32. The first-order valence-electron chi connectivity index (χ1n) is 5.05. The molecule has 6 heteroatoms. The molecule has 1 aromatic carbocycles. The predicted octanol–water partition coefficient (Wildman–Crippen LogP) is 5.29. The average Bonchev–Trinajstić information content (AvgIpc) is 2.26. The smallest absolute Gasteiger partial charge is 0.242 e. The fraction of sp³-hybridized carbons (Fsp3) is 0.250. The minimum absolute atomic E-state index is 0.0487. The number of fused-ring (bicyclic) bond motifs is 1. The van der Waals surface area contributed by atoms with Gasteiger partial charge >= 0.3 is 6.18 Å². The number of nitrogens with zero attached hydrogens (tertiary/aromatic N) is 1. The van der Waals surface area contributed by atoms with Crippen LogP contribution in [0.2, 0.25) is 5.02 Å². The van der Waals surface area contributed by atoms with E-state index >= 15 is 0 Å². The number of aromatic nitrogens is 1. The van der Waals surface area contributed by atoms with Gasteiger partial charge in [-0.25, -0.2) is 4.98 Å².